The Hall–Kier alpha value is -0.850. The van der Waals surface area contributed by atoms with Crippen LogP contribution in [-0.4, -0.2) is 11.5 Å². The first-order chi connectivity index (χ1) is 5.33. The zero-order valence-corrected chi connectivity index (χ0v) is 7.43. The van der Waals surface area contributed by atoms with Crippen molar-refractivity contribution in [1.29, 1.82) is 0 Å². The topological polar surface area (TPSA) is 38.9 Å². The molecule has 0 radical (unpaired) electrons. The lowest BCUT2D eigenvalue weighted by Gasteiger charge is -1.88. The van der Waals surface area contributed by atoms with E-state index in [1.165, 1.54) is 0 Å². The fraction of sp³-hybridized carbons (Fsp3) is 0.125. The number of aromatic nitrogens is 1. The molecule has 0 atom stereocenters. The molecule has 56 valence electrons. The van der Waals surface area contributed by atoms with Crippen molar-refractivity contribution in [3.8, 4) is 11.8 Å². The third-order valence-electron chi connectivity index (χ3n) is 1.05. The Bertz CT molecular complexity index is 281. The summed E-state index contributed by atoms with van der Waals surface area (Å²) in [6, 6.07) is 3.74. The molecular weight excluding hydrogens is 204 g/mol. The molecule has 0 aliphatic heterocycles. The van der Waals surface area contributed by atoms with Crippen LogP contribution in [0.1, 0.15) is 5.69 Å². The third-order valence-corrected chi connectivity index (χ3v) is 1.51. The zero-order valence-electron chi connectivity index (χ0n) is 5.84. The van der Waals surface area contributed by atoms with Gasteiger partial charge in [0.25, 0.3) is 0 Å². The maximum Gasteiger partial charge on any atom is 0.113 e. The zero-order chi connectivity index (χ0) is 8.10. The maximum absolute atomic E-state index is 5.20. The molecule has 2 nitrogen and oxygen atoms in total. The highest BCUT2D eigenvalue weighted by molar-refractivity contribution is 9.10. The monoisotopic (exact) mass is 210 g/mol. The van der Waals surface area contributed by atoms with E-state index in [0.717, 1.165) is 10.2 Å². The highest BCUT2D eigenvalue weighted by atomic mass is 79.9. The standard InChI is InChI=1S/C8H7BrN2/c9-7-3-4-8(11-6-7)2-1-5-10/h3-4,6H,5,10H2. The summed E-state index contributed by atoms with van der Waals surface area (Å²) in [4.78, 5) is 4.04. The molecule has 0 amide bonds. The Morgan fingerprint density at radius 3 is 2.91 bits per heavy atom. The van der Waals surface area contributed by atoms with Gasteiger partial charge in [0.05, 0.1) is 6.54 Å². The van der Waals surface area contributed by atoms with Crippen LogP contribution in [0.5, 0.6) is 0 Å². The van der Waals surface area contributed by atoms with Crippen LogP contribution in [0.3, 0.4) is 0 Å². The number of rotatable bonds is 0. The summed E-state index contributed by atoms with van der Waals surface area (Å²) in [6.07, 6.45) is 1.71. The first-order valence-electron chi connectivity index (χ1n) is 3.13. The van der Waals surface area contributed by atoms with E-state index in [1.54, 1.807) is 6.20 Å². The predicted molar refractivity (Wildman–Crippen MR) is 47.9 cm³/mol. The van der Waals surface area contributed by atoms with Crippen LogP contribution in [-0.2, 0) is 0 Å². The molecule has 0 unspecified atom stereocenters. The van der Waals surface area contributed by atoms with E-state index >= 15 is 0 Å². The first-order valence-corrected chi connectivity index (χ1v) is 3.92. The molecule has 0 aliphatic carbocycles. The normalized spacial score (nSPS) is 8.55. The molecule has 1 heterocycles. The lowest BCUT2D eigenvalue weighted by atomic mass is 10.3. The van der Waals surface area contributed by atoms with Crippen molar-refractivity contribution >= 4 is 15.9 Å². The summed E-state index contributed by atoms with van der Waals surface area (Å²) in [7, 11) is 0. The van der Waals surface area contributed by atoms with Gasteiger partial charge >= 0.3 is 0 Å². The molecule has 1 aromatic heterocycles. The molecule has 1 rings (SSSR count). The van der Waals surface area contributed by atoms with Gasteiger partial charge in [-0.25, -0.2) is 4.98 Å². The van der Waals surface area contributed by atoms with E-state index in [4.69, 9.17) is 5.73 Å². The van der Waals surface area contributed by atoms with E-state index in [-0.39, 0.29) is 0 Å². The van der Waals surface area contributed by atoms with Crippen molar-refractivity contribution < 1.29 is 0 Å². The Balaban J connectivity index is 2.82. The second kappa shape index (κ2) is 4.12. The lowest BCUT2D eigenvalue weighted by molar-refractivity contribution is 1.26. The van der Waals surface area contributed by atoms with Gasteiger partial charge in [0.15, 0.2) is 0 Å². The van der Waals surface area contributed by atoms with E-state index in [2.05, 4.69) is 32.8 Å². The maximum atomic E-state index is 5.20. The Kier molecular flexibility index (Phi) is 3.09. The van der Waals surface area contributed by atoms with Gasteiger partial charge in [-0.05, 0) is 34.0 Å². The molecule has 0 spiro atoms. The van der Waals surface area contributed by atoms with Crippen LogP contribution < -0.4 is 5.73 Å². The second-order valence-corrected chi connectivity index (χ2v) is 2.78. The average Bonchev–Trinajstić information content (AvgIpc) is 2.04. The highest BCUT2D eigenvalue weighted by Crippen LogP contribution is 2.06. The van der Waals surface area contributed by atoms with Gasteiger partial charge in [0, 0.05) is 10.7 Å². The van der Waals surface area contributed by atoms with Gasteiger partial charge < -0.3 is 5.73 Å². The number of nitrogens with two attached hydrogens (primary N) is 1. The largest absolute Gasteiger partial charge is 0.320 e. The highest BCUT2D eigenvalue weighted by Gasteiger charge is 1.86. The van der Waals surface area contributed by atoms with E-state index < -0.39 is 0 Å². The molecule has 0 aromatic carbocycles. The van der Waals surface area contributed by atoms with Crippen molar-refractivity contribution in [1.82, 2.24) is 4.98 Å². The predicted octanol–water partition coefficient (Wildman–Crippen LogP) is 1.15. The van der Waals surface area contributed by atoms with Crippen LogP contribution in [0.25, 0.3) is 0 Å². The fourth-order valence-electron chi connectivity index (χ4n) is 0.591. The minimum atomic E-state index is 0.373. The van der Waals surface area contributed by atoms with E-state index in [9.17, 15) is 0 Å². The first kappa shape index (κ1) is 8.25. The van der Waals surface area contributed by atoms with Crippen molar-refractivity contribution in [2.24, 2.45) is 5.73 Å². The molecule has 0 aliphatic rings. The van der Waals surface area contributed by atoms with Crippen LogP contribution in [0.2, 0.25) is 0 Å². The SMILES string of the molecule is NCC#Cc1ccc(Br)cn1. The van der Waals surface area contributed by atoms with Crippen molar-refractivity contribution in [2.75, 3.05) is 6.54 Å². The summed E-state index contributed by atoms with van der Waals surface area (Å²) >= 11 is 3.28. The number of hydrogen-bond donors (Lipinski definition) is 1. The summed E-state index contributed by atoms with van der Waals surface area (Å²) in [5.74, 6) is 5.55. The van der Waals surface area contributed by atoms with Crippen LogP contribution in [0.15, 0.2) is 22.8 Å². The molecule has 11 heavy (non-hydrogen) atoms. The van der Waals surface area contributed by atoms with Gasteiger partial charge in [-0.2, -0.15) is 0 Å². The molecule has 1 aromatic rings. The molecule has 2 N–H and O–H groups in total. The Morgan fingerprint density at radius 2 is 2.36 bits per heavy atom. The summed E-state index contributed by atoms with van der Waals surface area (Å²) in [5, 5.41) is 0. The van der Waals surface area contributed by atoms with Crippen molar-refractivity contribution in [2.45, 2.75) is 0 Å². The Labute approximate surface area is 74.0 Å². The average molecular weight is 211 g/mol. The third kappa shape index (κ3) is 2.71. The Morgan fingerprint density at radius 1 is 1.55 bits per heavy atom. The molecule has 0 bridgehead atoms. The molecule has 3 heteroatoms. The molecule has 0 saturated heterocycles. The summed E-state index contributed by atoms with van der Waals surface area (Å²) in [6.45, 7) is 0.373. The second-order valence-electron chi connectivity index (χ2n) is 1.87. The summed E-state index contributed by atoms with van der Waals surface area (Å²) < 4.78 is 0.954. The van der Waals surface area contributed by atoms with Gasteiger partial charge in [-0.3, -0.25) is 0 Å². The molecular formula is C8H7BrN2. The smallest absolute Gasteiger partial charge is 0.113 e. The fourth-order valence-corrected chi connectivity index (χ4v) is 0.826. The van der Waals surface area contributed by atoms with Gasteiger partial charge in [-0.15, -0.1) is 0 Å². The number of pyridine rings is 1. The lowest BCUT2D eigenvalue weighted by Crippen LogP contribution is -1.93. The molecule has 0 fully saturated rings. The van der Waals surface area contributed by atoms with Gasteiger partial charge in [-0.1, -0.05) is 5.92 Å². The van der Waals surface area contributed by atoms with Crippen LogP contribution >= 0.6 is 15.9 Å². The number of hydrogen-bond acceptors (Lipinski definition) is 2. The van der Waals surface area contributed by atoms with Crippen LogP contribution in [0.4, 0.5) is 0 Å². The van der Waals surface area contributed by atoms with Crippen molar-refractivity contribution in [3.05, 3.63) is 28.5 Å². The number of halogens is 1. The quantitative estimate of drug-likeness (QED) is 0.654. The van der Waals surface area contributed by atoms with E-state index in [1.807, 2.05) is 12.1 Å². The molecule has 0 saturated carbocycles. The minimum absolute atomic E-state index is 0.373. The van der Waals surface area contributed by atoms with Gasteiger partial charge in [0.1, 0.15) is 5.69 Å². The van der Waals surface area contributed by atoms with Gasteiger partial charge in [0.2, 0.25) is 0 Å². The van der Waals surface area contributed by atoms with Crippen LogP contribution in [0, 0.1) is 11.8 Å². The van der Waals surface area contributed by atoms with Crippen molar-refractivity contribution in [3.63, 3.8) is 0 Å². The van der Waals surface area contributed by atoms with E-state index in [0.29, 0.717) is 6.54 Å². The summed E-state index contributed by atoms with van der Waals surface area (Å²) in [5.41, 5.74) is 5.94. The number of nitrogens with zero attached hydrogens (tertiary/aromatic N) is 1. The minimum Gasteiger partial charge on any atom is -0.320 e.